The predicted octanol–water partition coefficient (Wildman–Crippen LogP) is 2.61. The fourth-order valence-electron chi connectivity index (χ4n) is 3.39. The molecule has 2 aromatic heterocycles. The number of anilines is 1. The van der Waals surface area contributed by atoms with Gasteiger partial charge in [-0.05, 0) is 31.5 Å². The summed E-state index contributed by atoms with van der Waals surface area (Å²) in [7, 11) is 1.90. The Hall–Kier alpha value is -2.47. The number of aromatic nitrogens is 4. The molecule has 4 rings (SSSR count). The smallest absolute Gasteiger partial charge is 0.163 e. The van der Waals surface area contributed by atoms with E-state index in [1.165, 1.54) is 31.5 Å². The third kappa shape index (κ3) is 2.97. The number of nitrogens with zero attached hydrogens (tertiary/aromatic N) is 5. The van der Waals surface area contributed by atoms with Crippen molar-refractivity contribution in [3.05, 3.63) is 48.4 Å². The Bertz CT molecular complexity index is 807. The topological polar surface area (TPSA) is 58.9 Å². The van der Waals surface area contributed by atoms with E-state index >= 15 is 0 Å². The van der Waals surface area contributed by atoms with Crippen molar-refractivity contribution in [1.29, 1.82) is 0 Å². The lowest BCUT2D eigenvalue weighted by Gasteiger charge is -2.25. The Balaban J connectivity index is 1.65. The minimum atomic E-state index is 0.197. The molecular formula is C18H22N6. The summed E-state index contributed by atoms with van der Waals surface area (Å²) >= 11 is 0. The normalized spacial score (nSPS) is 16.5. The van der Waals surface area contributed by atoms with Gasteiger partial charge in [-0.15, -0.1) is 0 Å². The molecule has 24 heavy (non-hydrogen) atoms. The van der Waals surface area contributed by atoms with Gasteiger partial charge in [0.2, 0.25) is 0 Å². The van der Waals surface area contributed by atoms with Crippen molar-refractivity contribution in [3.63, 3.8) is 0 Å². The van der Waals surface area contributed by atoms with E-state index in [9.17, 15) is 0 Å². The highest BCUT2D eigenvalue weighted by Crippen LogP contribution is 2.25. The Morgan fingerprint density at radius 3 is 2.71 bits per heavy atom. The van der Waals surface area contributed by atoms with E-state index in [0.717, 1.165) is 23.4 Å². The van der Waals surface area contributed by atoms with Crippen LogP contribution in [0.3, 0.4) is 0 Å². The molecular weight excluding hydrogens is 300 g/mol. The van der Waals surface area contributed by atoms with Gasteiger partial charge in [0.1, 0.15) is 12.1 Å². The van der Waals surface area contributed by atoms with Gasteiger partial charge < -0.3 is 10.2 Å². The SMILES string of the molecule is Cn1ncc2c(NC(CN3CCCC3)c3ccccc3)ncnc21. The van der Waals surface area contributed by atoms with E-state index in [1.807, 2.05) is 13.2 Å². The molecule has 1 saturated heterocycles. The molecule has 3 heterocycles. The highest BCUT2D eigenvalue weighted by molar-refractivity contribution is 5.86. The first kappa shape index (κ1) is 15.1. The number of rotatable bonds is 5. The molecule has 1 atom stereocenters. The summed E-state index contributed by atoms with van der Waals surface area (Å²) in [6, 6.07) is 10.8. The first-order valence-electron chi connectivity index (χ1n) is 8.48. The summed E-state index contributed by atoms with van der Waals surface area (Å²) in [5, 5.41) is 8.90. The summed E-state index contributed by atoms with van der Waals surface area (Å²) < 4.78 is 1.78. The molecule has 124 valence electrons. The molecule has 0 saturated carbocycles. The summed E-state index contributed by atoms with van der Waals surface area (Å²) in [6.07, 6.45) is 6.02. The fraction of sp³-hybridized carbons (Fsp3) is 0.389. The van der Waals surface area contributed by atoms with E-state index < -0.39 is 0 Å². The Morgan fingerprint density at radius 2 is 1.92 bits per heavy atom. The monoisotopic (exact) mass is 322 g/mol. The Kier molecular flexibility index (Phi) is 4.13. The number of fused-ring (bicyclic) bond motifs is 1. The maximum atomic E-state index is 4.47. The van der Waals surface area contributed by atoms with Gasteiger partial charge in [0.15, 0.2) is 5.65 Å². The molecule has 6 heteroatoms. The number of nitrogens with one attached hydrogen (secondary N) is 1. The van der Waals surface area contributed by atoms with Crippen LogP contribution in [0.25, 0.3) is 11.0 Å². The summed E-state index contributed by atoms with van der Waals surface area (Å²) in [4.78, 5) is 11.3. The highest BCUT2D eigenvalue weighted by Gasteiger charge is 2.20. The maximum Gasteiger partial charge on any atom is 0.163 e. The third-order valence-corrected chi connectivity index (χ3v) is 4.68. The fourth-order valence-corrected chi connectivity index (χ4v) is 3.39. The van der Waals surface area contributed by atoms with E-state index in [-0.39, 0.29) is 6.04 Å². The van der Waals surface area contributed by atoms with Crippen LogP contribution in [-0.4, -0.2) is 44.3 Å². The Labute approximate surface area is 141 Å². The number of likely N-dealkylation sites (tertiary alicyclic amines) is 1. The molecule has 1 aliphatic rings. The molecule has 1 fully saturated rings. The molecule has 1 N–H and O–H groups in total. The second-order valence-electron chi connectivity index (χ2n) is 6.34. The lowest BCUT2D eigenvalue weighted by atomic mass is 10.1. The van der Waals surface area contributed by atoms with Crippen LogP contribution in [0.1, 0.15) is 24.4 Å². The van der Waals surface area contributed by atoms with Crippen LogP contribution in [0.4, 0.5) is 5.82 Å². The van der Waals surface area contributed by atoms with Crippen LogP contribution in [0.5, 0.6) is 0 Å². The van der Waals surface area contributed by atoms with Crippen LogP contribution >= 0.6 is 0 Å². The zero-order valence-corrected chi connectivity index (χ0v) is 13.9. The van der Waals surface area contributed by atoms with Crippen molar-refractivity contribution in [1.82, 2.24) is 24.6 Å². The summed E-state index contributed by atoms with van der Waals surface area (Å²) in [5.41, 5.74) is 2.13. The van der Waals surface area contributed by atoms with Crippen molar-refractivity contribution < 1.29 is 0 Å². The van der Waals surface area contributed by atoms with Gasteiger partial charge in [0, 0.05) is 13.6 Å². The summed E-state index contributed by atoms with van der Waals surface area (Å²) in [6.45, 7) is 3.34. The van der Waals surface area contributed by atoms with Gasteiger partial charge in [-0.25, -0.2) is 9.97 Å². The van der Waals surface area contributed by atoms with Gasteiger partial charge in [-0.3, -0.25) is 4.68 Å². The molecule has 1 aromatic carbocycles. The van der Waals surface area contributed by atoms with Gasteiger partial charge in [-0.2, -0.15) is 5.10 Å². The average molecular weight is 322 g/mol. The maximum absolute atomic E-state index is 4.47. The highest BCUT2D eigenvalue weighted by atomic mass is 15.3. The Morgan fingerprint density at radius 1 is 1.12 bits per heavy atom. The second-order valence-corrected chi connectivity index (χ2v) is 6.34. The average Bonchev–Trinajstić information content (AvgIpc) is 3.26. The molecule has 3 aromatic rings. The van der Waals surface area contributed by atoms with Crippen LogP contribution in [0.15, 0.2) is 42.9 Å². The van der Waals surface area contributed by atoms with E-state index in [2.05, 4.69) is 55.6 Å². The van der Waals surface area contributed by atoms with Crippen molar-refractivity contribution in [2.45, 2.75) is 18.9 Å². The van der Waals surface area contributed by atoms with Crippen LogP contribution in [0, 0.1) is 0 Å². The standard InChI is InChI=1S/C18H22N6/c1-23-18-15(11-21-23)17(19-13-20-18)22-16(12-24-9-5-6-10-24)14-7-3-2-4-8-14/h2-4,7-8,11,13,16H,5-6,9-10,12H2,1H3,(H,19,20,22). The van der Waals surface area contributed by atoms with E-state index in [0.29, 0.717) is 0 Å². The van der Waals surface area contributed by atoms with Gasteiger partial charge in [-0.1, -0.05) is 30.3 Å². The lowest BCUT2D eigenvalue weighted by Crippen LogP contribution is -2.29. The van der Waals surface area contributed by atoms with Crippen molar-refractivity contribution in [2.24, 2.45) is 7.05 Å². The molecule has 0 amide bonds. The number of benzene rings is 1. The molecule has 6 nitrogen and oxygen atoms in total. The zero-order valence-electron chi connectivity index (χ0n) is 13.9. The summed E-state index contributed by atoms with van der Waals surface area (Å²) in [5.74, 6) is 0.848. The van der Waals surface area contributed by atoms with E-state index in [1.54, 1.807) is 11.0 Å². The van der Waals surface area contributed by atoms with Crippen LogP contribution in [0.2, 0.25) is 0 Å². The van der Waals surface area contributed by atoms with Gasteiger partial charge in [0.25, 0.3) is 0 Å². The first-order valence-corrected chi connectivity index (χ1v) is 8.48. The van der Waals surface area contributed by atoms with Crippen LogP contribution in [-0.2, 0) is 7.05 Å². The second kappa shape index (κ2) is 6.57. The third-order valence-electron chi connectivity index (χ3n) is 4.68. The minimum Gasteiger partial charge on any atom is -0.361 e. The minimum absolute atomic E-state index is 0.197. The molecule has 0 bridgehead atoms. The predicted molar refractivity (Wildman–Crippen MR) is 94.8 cm³/mol. The number of aryl methyl sites for hydroxylation is 1. The molecule has 0 spiro atoms. The van der Waals surface area contributed by atoms with Gasteiger partial charge >= 0.3 is 0 Å². The van der Waals surface area contributed by atoms with Crippen molar-refractivity contribution in [3.8, 4) is 0 Å². The largest absolute Gasteiger partial charge is 0.361 e. The van der Waals surface area contributed by atoms with E-state index in [4.69, 9.17) is 0 Å². The van der Waals surface area contributed by atoms with Crippen molar-refractivity contribution >= 4 is 16.9 Å². The first-order chi connectivity index (χ1) is 11.8. The van der Waals surface area contributed by atoms with Crippen LogP contribution < -0.4 is 5.32 Å². The molecule has 1 unspecified atom stereocenters. The van der Waals surface area contributed by atoms with Crippen molar-refractivity contribution in [2.75, 3.05) is 25.0 Å². The molecule has 0 radical (unpaired) electrons. The molecule has 0 aliphatic carbocycles. The zero-order chi connectivity index (χ0) is 16.4. The van der Waals surface area contributed by atoms with Gasteiger partial charge in [0.05, 0.1) is 17.6 Å². The molecule has 1 aliphatic heterocycles. The lowest BCUT2D eigenvalue weighted by molar-refractivity contribution is 0.323. The quantitative estimate of drug-likeness (QED) is 0.782. The number of hydrogen-bond acceptors (Lipinski definition) is 5. The number of hydrogen-bond donors (Lipinski definition) is 1.